The quantitative estimate of drug-likeness (QED) is 0.719. The third-order valence-corrected chi connectivity index (χ3v) is 1.91. The second kappa shape index (κ2) is 3.47. The Morgan fingerprint density at radius 2 is 1.92 bits per heavy atom. The van der Waals surface area contributed by atoms with E-state index in [9.17, 15) is 9.90 Å². The zero-order valence-corrected chi connectivity index (χ0v) is 7.92. The summed E-state index contributed by atoms with van der Waals surface area (Å²) in [6.07, 6.45) is 3.40. The van der Waals surface area contributed by atoms with Crippen LogP contribution < -0.4 is 5.63 Å². The lowest BCUT2D eigenvalue weighted by molar-refractivity contribution is 0.430. The summed E-state index contributed by atoms with van der Waals surface area (Å²) in [5, 5.41) is 9.50. The van der Waals surface area contributed by atoms with Crippen LogP contribution in [0.3, 0.4) is 0 Å². The first-order valence-corrected chi connectivity index (χ1v) is 4.04. The molecule has 0 unspecified atom stereocenters. The fourth-order valence-corrected chi connectivity index (χ4v) is 1.06. The predicted octanol–water partition coefficient (Wildman–Crippen LogP) is 2.00. The van der Waals surface area contributed by atoms with Crippen LogP contribution in [0.5, 0.6) is 5.75 Å². The van der Waals surface area contributed by atoms with Gasteiger partial charge in [0.25, 0.3) is 0 Å². The van der Waals surface area contributed by atoms with Crippen LogP contribution in [0.25, 0.3) is 6.08 Å². The van der Waals surface area contributed by atoms with Crippen molar-refractivity contribution in [3.63, 3.8) is 0 Å². The number of rotatable bonds is 1. The summed E-state index contributed by atoms with van der Waals surface area (Å²) in [5.41, 5.74) is 0.358. The maximum Gasteiger partial charge on any atom is 0.342 e. The topological polar surface area (TPSA) is 50.4 Å². The Balaban J connectivity index is 3.50. The predicted molar refractivity (Wildman–Crippen MR) is 50.8 cm³/mol. The molecule has 0 amide bonds. The first-order chi connectivity index (χ1) is 6.07. The van der Waals surface area contributed by atoms with Gasteiger partial charge in [0.2, 0.25) is 0 Å². The van der Waals surface area contributed by atoms with Gasteiger partial charge in [0, 0.05) is 5.56 Å². The van der Waals surface area contributed by atoms with Crippen molar-refractivity contribution in [1.82, 2.24) is 0 Å². The minimum atomic E-state index is -0.490. The molecule has 3 nitrogen and oxygen atoms in total. The lowest BCUT2D eigenvalue weighted by Crippen LogP contribution is -2.05. The van der Waals surface area contributed by atoms with E-state index in [1.807, 2.05) is 6.92 Å². The first kappa shape index (κ1) is 9.58. The van der Waals surface area contributed by atoms with E-state index in [1.54, 1.807) is 19.1 Å². The Kier molecular flexibility index (Phi) is 2.56. The lowest BCUT2D eigenvalue weighted by atomic mass is 10.1. The standard InChI is InChI=1S/C10H12O3/c1-4-5-8-6(2)9(11)7(3)10(12)13-8/h4-5,11H,1-3H3. The smallest absolute Gasteiger partial charge is 0.342 e. The van der Waals surface area contributed by atoms with E-state index in [0.29, 0.717) is 11.3 Å². The molecule has 0 aliphatic carbocycles. The second-order valence-corrected chi connectivity index (χ2v) is 2.85. The Bertz CT molecular complexity index is 399. The summed E-state index contributed by atoms with van der Waals surface area (Å²) in [7, 11) is 0. The van der Waals surface area contributed by atoms with Crippen molar-refractivity contribution in [2.24, 2.45) is 0 Å². The summed E-state index contributed by atoms with van der Waals surface area (Å²) in [5.74, 6) is 0.431. The van der Waals surface area contributed by atoms with Crippen molar-refractivity contribution < 1.29 is 9.52 Å². The van der Waals surface area contributed by atoms with Crippen LogP contribution in [0.4, 0.5) is 0 Å². The van der Waals surface area contributed by atoms with Crippen molar-refractivity contribution in [2.75, 3.05) is 0 Å². The molecule has 1 aromatic rings. The van der Waals surface area contributed by atoms with Gasteiger partial charge in [0.15, 0.2) is 0 Å². The largest absolute Gasteiger partial charge is 0.507 e. The SMILES string of the molecule is CC=Cc1oc(=O)c(C)c(O)c1C. The highest BCUT2D eigenvalue weighted by Crippen LogP contribution is 2.22. The summed E-state index contributed by atoms with van der Waals surface area (Å²) >= 11 is 0. The lowest BCUT2D eigenvalue weighted by Gasteiger charge is -2.03. The highest BCUT2D eigenvalue weighted by molar-refractivity contribution is 5.52. The van der Waals surface area contributed by atoms with Gasteiger partial charge in [-0.15, -0.1) is 0 Å². The van der Waals surface area contributed by atoms with E-state index in [-0.39, 0.29) is 11.3 Å². The first-order valence-electron chi connectivity index (χ1n) is 4.04. The van der Waals surface area contributed by atoms with E-state index in [1.165, 1.54) is 6.92 Å². The van der Waals surface area contributed by atoms with Gasteiger partial charge in [-0.1, -0.05) is 6.08 Å². The highest BCUT2D eigenvalue weighted by atomic mass is 16.4. The van der Waals surface area contributed by atoms with Crippen LogP contribution in [0.2, 0.25) is 0 Å². The molecule has 0 atom stereocenters. The van der Waals surface area contributed by atoms with Gasteiger partial charge in [0.05, 0.1) is 5.56 Å². The van der Waals surface area contributed by atoms with Crippen molar-refractivity contribution >= 4 is 6.08 Å². The summed E-state index contributed by atoms with van der Waals surface area (Å²) in [4.78, 5) is 11.1. The molecule has 0 saturated carbocycles. The molecule has 0 aliphatic heterocycles. The summed E-state index contributed by atoms with van der Waals surface area (Å²) < 4.78 is 4.96. The molecular weight excluding hydrogens is 168 g/mol. The van der Waals surface area contributed by atoms with Crippen molar-refractivity contribution in [2.45, 2.75) is 20.8 Å². The molecule has 0 saturated heterocycles. The molecule has 1 heterocycles. The van der Waals surface area contributed by atoms with Crippen LogP contribution in [-0.2, 0) is 0 Å². The van der Waals surface area contributed by atoms with Gasteiger partial charge in [-0.3, -0.25) is 0 Å². The van der Waals surface area contributed by atoms with Crippen molar-refractivity contribution in [1.29, 1.82) is 0 Å². The van der Waals surface area contributed by atoms with Gasteiger partial charge < -0.3 is 9.52 Å². The Hall–Kier alpha value is -1.51. The van der Waals surface area contributed by atoms with E-state index in [2.05, 4.69) is 0 Å². The average molecular weight is 180 g/mol. The Morgan fingerprint density at radius 1 is 1.31 bits per heavy atom. The van der Waals surface area contributed by atoms with Gasteiger partial charge in [-0.2, -0.15) is 0 Å². The maximum absolute atomic E-state index is 11.1. The van der Waals surface area contributed by atoms with E-state index < -0.39 is 5.63 Å². The van der Waals surface area contributed by atoms with Crippen molar-refractivity contribution in [3.8, 4) is 5.75 Å². The molecule has 1 N–H and O–H groups in total. The number of hydrogen-bond donors (Lipinski definition) is 1. The molecule has 1 rings (SSSR count). The van der Waals surface area contributed by atoms with Gasteiger partial charge in [0.1, 0.15) is 11.5 Å². The molecule has 1 aromatic heterocycles. The van der Waals surface area contributed by atoms with Gasteiger partial charge in [-0.25, -0.2) is 4.79 Å². The van der Waals surface area contributed by atoms with Crippen LogP contribution in [0.1, 0.15) is 23.8 Å². The minimum Gasteiger partial charge on any atom is -0.507 e. The average Bonchev–Trinajstić information content (AvgIpc) is 2.11. The fourth-order valence-electron chi connectivity index (χ4n) is 1.06. The third kappa shape index (κ3) is 1.64. The Morgan fingerprint density at radius 3 is 2.46 bits per heavy atom. The van der Waals surface area contributed by atoms with Gasteiger partial charge in [-0.05, 0) is 26.8 Å². The molecule has 0 fully saturated rings. The van der Waals surface area contributed by atoms with Crippen LogP contribution in [0.15, 0.2) is 15.3 Å². The summed E-state index contributed by atoms with van der Waals surface area (Å²) in [6.45, 7) is 5.06. The maximum atomic E-state index is 11.1. The monoisotopic (exact) mass is 180 g/mol. The fraction of sp³-hybridized carbons (Fsp3) is 0.300. The molecule has 0 radical (unpaired) electrons. The van der Waals surface area contributed by atoms with E-state index in [4.69, 9.17) is 4.42 Å². The normalized spacial score (nSPS) is 11.0. The molecule has 70 valence electrons. The number of aromatic hydroxyl groups is 1. The zero-order chi connectivity index (χ0) is 10.0. The highest BCUT2D eigenvalue weighted by Gasteiger charge is 2.10. The molecule has 0 aromatic carbocycles. The molecule has 13 heavy (non-hydrogen) atoms. The van der Waals surface area contributed by atoms with E-state index >= 15 is 0 Å². The second-order valence-electron chi connectivity index (χ2n) is 2.85. The molecule has 0 aliphatic rings. The van der Waals surface area contributed by atoms with Gasteiger partial charge >= 0.3 is 5.63 Å². The minimum absolute atomic E-state index is 0.0179. The van der Waals surface area contributed by atoms with E-state index in [0.717, 1.165) is 0 Å². The third-order valence-electron chi connectivity index (χ3n) is 1.91. The molecule has 0 spiro atoms. The Labute approximate surface area is 76.3 Å². The molecule has 0 bridgehead atoms. The number of hydrogen-bond acceptors (Lipinski definition) is 3. The number of allylic oxidation sites excluding steroid dienone is 1. The zero-order valence-electron chi connectivity index (χ0n) is 7.92. The molecular formula is C10H12O3. The van der Waals surface area contributed by atoms with Crippen molar-refractivity contribution in [3.05, 3.63) is 33.4 Å². The summed E-state index contributed by atoms with van der Waals surface area (Å²) in [6, 6.07) is 0. The van der Waals surface area contributed by atoms with Crippen LogP contribution in [0, 0.1) is 13.8 Å². The van der Waals surface area contributed by atoms with Crippen LogP contribution >= 0.6 is 0 Å². The molecule has 3 heteroatoms. The van der Waals surface area contributed by atoms with Crippen LogP contribution in [-0.4, -0.2) is 5.11 Å².